The summed E-state index contributed by atoms with van der Waals surface area (Å²) in [5, 5.41) is 0. The smallest absolute Gasteiger partial charge is 0.106 e. The number of rotatable bonds is 2. The Morgan fingerprint density at radius 1 is 1.39 bits per heavy atom. The minimum Gasteiger partial charge on any atom is -0.389 e. The quantitative estimate of drug-likeness (QED) is 0.824. The second-order valence-corrected chi connectivity index (χ2v) is 5.60. The molecule has 0 radical (unpaired) electrons. The number of hydrogen-bond acceptors (Lipinski definition) is 3. The van der Waals surface area contributed by atoms with Crippen LogP contribution in [0.4, 0.5) is 5.69 Å². The molecule has 1 aliphatic heterocycles. The molecule has 0 amide bonds. The first-order valence-electron chi connectivity index (χ1n) is 6.34. The van der Waals surface area contributed by atoms with Gasteiger partial charge in [-0.2, -0.15) is 0 Å². The van der Waals surface area contributed by atoms with Gasteiger partial charge in [0.25, 0.3) is 0 Å². The van der Waals surface area contributed by atoms with Gasteiger partial charge in [0.2, 0.25) is 0 Å². The van der Waals surface area contributed by atoms with Gasteiger partial charge < -0.3 is 15.5 Å². The summed E-state index contributed by atoms with van der Waals surface area (Å²) in [6.45, 7) is 7.48. The van der Waals surface area contributed by atoms with Crippen LogP contribution in [-0.4, -0.2) is 42.6 Å². The molecule has 1 atom stereocenters. The molecular weight excluding hydrogens is 242 g/mol. The summed E-state index contributed by atoms with van der Waals surface area (Å²) in [5.41, 5.74) is 9.25. The maximum Gasteiger partial charge on any atom is 0.106 e. The van der Waals surface area contributed by atoms with Gasteiger partial charge in [-0.25, -0.2) is 0 Å². The third-order valence-corrected chi connectivity index (χ3v) is 3.94. The van der Waals surface area contributed by atoms with Crippen LogP contribution < -0.4 is 10.6 Å². The van der Waals surface area contributed by atoms with Crippen molar-refractivity contribution in [2.75, 3.05) is 31.6 Å². The second kappa shape index (κ2) is 5.24. The lowest BCUT2D eigenvalue weighted by molar-refractivity contribution is 0.234. The van der Waals surface area contributed by atoms with E-state index in [0.29, 0.717) is 11.0 Å². The van der Waals surface area contributed by atoms with Crippen molar-refractivity contribution in [3.63, 3.8) is 0 Å². The van der Waals surface area contributed by atoms with Gasteiger partial charge in [0.05, 0.1) is 0 Å². The first-order chi connectivity index (χ1) is 8.49. The molecule has 0 aliphatic carbocycles. The highest BCUT2D eigenvalue weighted by Gasteiger charge is 2.22. The molecule has 3 nitrogen and oxygen atoms in total. The van der Waals surface area contributed by atoms with Crippen LogP contribution in [0.2, 0.25) is 0 Å². The first kappa shape index (κ1) is 13.3. The molecule has 1 fully saturated rings. The van der Waals surface area contributed by atoms with Crippen molar-refractivity contribution in [1.82, 2.24) is 4.90 Å². The molecule has 1 heterocycles. The molecule has 98 valence electrons. The molecule has 4 heteroatoms. The van der Waals surface area contributed by atoms with Crippen LogP contribution in [0.15, 0.2) is 18.2 Å². The molecule has 1 saturated heterocycles. The van der Waals surface area contributed by atoms with Crippen molar-refractivity contribution < 1.29 is 0 Å². The van der Waals surface area contributed by atoms with Crippen molar-refractivity contribution in [3.05, 3.63) is 29.3 Å². The summed E-state index contributed by atoms with van der Waals surface area (Å²) in [4.78, 5) is 5.26. The van der Waals surface area contributed by atoms with E-state index in [9.17, 15) is 0 Å². The van der Waals surface area contributed by atoms with Crippen LogP contribution in [0.3, 0.4) is 0 Å². The third kappa shape index (κ3) is 2.65. The van der Waals surface area contributed by atoms with Crippen molar-refractivity contribution in [3.8, 4) is 0 Å². The van der Waals surface area contributed by atoms with E-state index >= 15 is 0 Å². The van der Waals surface area contributed by atoms with Crippen LogP contribution in [0.1, 0.15) is 18.1 Å². The van der Waals surface area contributed by atoms with Gasteiger partial charge >= 0.3 is 0 Å². The van der Waals surface area contributed by atoms with E-state index in [2.05, 4.69) is 42.8 Å². The van der Waals surface area contributed by atoms with Crippen molar-refractivity contribution >= 4 is 22.9 Å². The average molecular weight is 263 g/mol. The molecule has 1 aliphatic rings. The number of hydrogen-bond donors (Lipinski definition) is 1. The molecule has 2 N–H and O–H groups in total. The van der Waals surface area contributed by atoms with Crippen molar-refractivity contribution in [2.24, 2.45) is 5.73 Å². The van der Waals surface area contributed by atoms with E-state index in [-0.39, 0.29) is 0 Å². The maximum atomic E-state index is 5.83. The van der Waals surface area contributed by atoms with Gasteiger partial charge in [-0.3, -0.25) is 0 Å². The van der Waals surface area contributed by atoms with Crippen molar-refractivity contribution in [2.45, 2.75) is 19.9 Å². The fourth-order valence-electron chi connectivity index (χ4n) is 2.38. The largest absolute Gasteiger partial charge is 0.389 e. The fourth-order valence-corrected chi connectivity index (χ4v) is 2.55. The Kier molecular flexibility index (Phi) is 3.88. The summed E-state index contributed by atoms with van der Waals surface area (Å²) >= 11 is 5.16. The number of aryl methyl sites for hydroxylation is 1. The Labute approximate surface area is 115 Å². The van der Waals surface area contributed by atoms with Gasteiger partial charge in [0.1, 0.15) is 4.99 Å². The van der Waals surface area contributed by atoms with Gasteiger partial charge in [0, 0.05) is 36.9 Å². The van der Waals surface area contributed by atoms with Crippen LogP contribution in [0, 0.1) is 6.92 Å². The predicted molar refractivity (Wildman–Crippen MR) is 81.4 cm³/mol. The molecule has 0 saturated carbocycles. The molecular formula is C14H21N3S. The Hall–Kier alpha value is -1.13. The second-order valence-electron chi connectivity index (χ2n) is 5.16. The highest BCUT2D eigenvalue weighted by atomic mass is 32.1. The summed E-state index contributed by atoms with van der Waals surface area (Å²) in [6.07, 6.45) is 0. The van der Waals surface area contributed by atoms with E-state index < -0.39 is 0 Å². The van der Waals surface area contributed by atoms with Crippen molar-refractivity contribution in [1.29, 1.82) is 0 Å². The van der Waals surface area contributed by atoms with Gasteiger partial charge in [-0.15, -0.1) is 0 Å². The minimum atomic E-state index is 0.483. The lowest BCUT2D eigenvalue weighted by Crippen LogP contribution is -2.50. The summed E-state index contributed by atoms with van der Waals surface area (Å²) in [6, 6.07) is 6.85. The summed E-state index contributed by atoms with van der Waals surface area (Å²) in [7, 11) is 2.17. The molecule has 0 aromatic heterocycles. The Morgan fingerprint density at radius 2 is 2.11 bits per heavy atom. The highest BCUT2D eigenvalue weighted by Crippen LogP contribution is 2.24. The molecule has 18 heavy (non-hydrogen) atoms. The fraction of sp³-hybridized carbons (Fsp3) is 0.500. The Bertz CT molecular complexity index is 458. The topological polar surface area (TPSA) is 32.5 Å². The molecule has 2 rings (SSSR count). The lowest BCUT2D eigenvalue weighted by Gasteiger charge is -2.39. The maximum absolute atomic E-state index is 5.83. The Morgan fingerprint density at radius 3 is 2.72 bits per heavy atom. The molecule has 1 aromatic rings. The molecule has 0 bridgehead atoms. The zero-order valence-corrected chi connectivity index (χ0v) is 12.1. The SMILES string of the molecule is Cc1ccc(C(N)=S)c(N2CCN(C)C(C)C2)c1. The van der Waals surface area contributed by atoms with Gasteiger partial charge in [0.15, 0.2) is 0 Å². The number of nitrogens with two attached hydrogens (primary N) is 1. The number of nitrogens with zero attached hydrogens (tertiary/aromatic N) is 2. The zero-order chi connectivity index (χ0) is 13.3. The first-order valence-corrected chi connectivity index (χ1v) is 6.75. The molecule has 0 spiro atoms. The third-order valence-electron chi connectivity index (χ3n) is 3.72. The number of benzene rings is 1. The number of anilines is 1. The van der Waals surface area contributed by atoms with E-state index in [0.717, 1.165) is 25.2 Å². The van der Waals surface area contributed by atoms with Crippen LogP contribution >= 0.6 is 12.2 Å². The summed E-state index contributed by atoms with van der Waals surface area (Å²) < 4.78 is 0. The normalized spacial score (nSPS) is 21.1. The van der Waals surface area contributed by atoms with Crippen LogP contribution in [0.25, 0.3) is 0 Å². The van der Waals surface area contributed by atoms with E-state index in [1.165, 1.54) is 11.3 Å². The minimum absolute atomic E-state index is 0.483. The monoisotopic (exact) mass is 263 g/mol. The summed E-state index contributed by atoms with van der Waals surface area (Å²) in [5.74, 6) is 0. The lowest BCUT2D eigenvalue weighted by atomic mass is 10.1. The Balaban J connectivity index is 2.32. The van der Waals surface area contributed by atoms with Crippen LogP contribution in [0.5, 0.6) is 0 Å². The number of likely N-dealkylation sites (N-methyl/N-ethyl adjacent to an activating group) is 1. The van der Waals surface area contributed by atoms with E-state index in [1.807, 2.05) is 6.07 Å². The highest BCUT2D eigenvalue weighted by molar-refractivity contribution is 7.80. The van der Waals surface area contributed by atoms with Crippen LogP contribution in [-0.2, 0) is 0 Å². The number of thiocarbonyl (C=S) groups is 1. The van der Waals surface area contributed by atoms with Gasteiger partial charge in [-0.05, 0) is 38.6 Å². The standard InChI is InChI=1S/C14H21N3S/c1-10-4-5-12(14(15)18)13(8-10)17-7-6-16(3)11(2)9-17/h4-5,8,11H,6-7,9H2,1-3H3,(H2,15,18). The van der Waals surface area contributed by atoms with E-state index in [4.69, 9.17) is 18.0 Å². The predicted octanol–water partition coefficient (Wildman–Crippen LogP) is 1.77. The van der Waals surface area contributed by atoms with E-state index in [1.54, 1.807) is 0 Å². The average Bonchev–Trinajstić information content (AvgIpc) is 2.32. The number of piperazine rings is 1. The molecule has 1 unspecified atom stereocenters. The zero-order valence-electron chi connectivity index (χ0n) is 11.3. The molecule has 1 aromatic carbocycles. The van der Waals surface area contributed by atoms with Gasteiger partial charge in [-0.1, -0.05) is 18.3 Å².